The molecule has 0 amide bonds. The van der Waals surface area contributed by atoms with Gasteiger partial charge >= 0.3 is 11.9 Å². The number of carbonyl (C=O) groups is 2. The van der Waals surface area contributed by atoms with Crippen LogP contribution in [-0.4, -0.2) is 37.7 Å². The van der Waals surface area contributed by atoms with E-state index in [0.29, 0.717) is 24.8 Å². The first-order chi connectivity index (χ1) is 12.0. The fourth-order valence-electron chi connectivity index (χ4n) is 3.76. The smallest absolute Gasteiger partial charge is 0.323 e. The van der Waals surface area contributed by atoms with Gasteiger partial charge in [0.25, 0.3) is 0 Å². The summed E-state index contributed by atoms with van der Waals surface area (Å²) in [7, 11) is 0. The minimum atomic E-state index is -1.15. The van der Waals surface area contributed by atoms with Crippen LogP contribution in [0.3, 0.4) is 0 Å². The highest BCUT2D eigenvalue weighted by Gasteiger charge is 2.49. The Balaban J connectivity index is 2.94. The summed E-state index contributed by atoms with van der Waals surface area (Å²) >= 11 is 0. The van der Waals surface area contributed by atoms with Gasteiger partial charge in [0.05, 0.1) is 13.2 Å². The number of hydrogen-bond acceptors (Lipinski definition) is 5. The molecule has 0 saturated heterocycles. The van der Waals surface area contributed by atoms with Gasteiger partial charge in [-0.25, -0.2) is 0 Å². The van der Waals surface area contributed by atoms with E-state index in [9.17, 15) is 9.59 Å². The van der Waals surface area contributed by atoms with Crippen molar-refractivity contribution in [2.24, 2.45) is 11.3 Å². The summed E-state index contributed by atoms with van der Waals surface area (Å²) in [6, 6.07) is 0.387. The Morgan fingerprint density at radius 1 is 1.04 bits per heavy atom. The number of rotatable bonds is 11. The van der Waals surface area contributed by atoms with Crippen LogP contribution in [0.15, 0.2) is 0 Å². The van der Waals surface area contributed by atoms with E-state index in [-0.39, 0.29) is 13.2 Å². The van der Waals surface area contributed by atoms with Gasteiger partial charge in [-0.05, 0) is 45.6 Å². The lowest BCUT2D eigenvalue weighted by atomic mass is 9.71. The molecule has 1 aliphatic carbocycles. The first-order valence-corrected chi connectivity index (χ1v) is 10.0. The van der Waals surface area contributed by atoms with Crippen LogP contribution in [0, 0.1) is 11.3 Å². The number of ether oxygens (including phenoxy) is 2. The van der Waals surface area contributed by atoms with Crippen molar-refractivity contribution in [3.05, 3.63) is 0 Å². The van der Waals surface area contributed by atoms with E-state index in [2.05, 4.69) is 19.2 Å². The molecular weight excluding hydrogens is 318 g/mol. The zero-order valence-electron chi connectivity index (χ0n) is 16.6. The molecule has 0 spiro atoms. The Labute approximate surface area is 153 Å². The molecule has 0 aromatic carbocycles. The molecule has 5 heteroatoms. The molecule has 1 rings (SSSR count). The maximum atomic E-state index is 12.8. The largest absolute Gasteiger partial charge is 0.465 e. The molecule has 1 fully saturated rings. The minimum Gasteiger partial charge on any atom is -0.465 e. The maximum absolute atomic E-state index is 12.8. The molecule has 5 nitrogen and oxygen atoms in total. The summed E-state index contributed by atoms with van der Waals surface area (Å²) in [6.07, 6.45) is 7.59. The van der Waals surface area contributed by atoms with Gasteiger partial charge in [-0.2, -0.15) is 0 Å². The van der Waals surface area contributed by atoms with E-state index < -0.39 is 17.4 Å². The molecule has 0 atom stereocenters. The number of esters is 2. The summed E-state index contributed by atoms with van der Waals surface area (Å²) in [4.78, 5) is 25.7. The molecule has 0 bridgehead atoms. The highest BCUT2D eigenvalue weighted by molar-refractivity contribution is 6.00. The van der Waals surface area contributed by atoms with E-state index in [1.54, 1.807) is 13.8 Å². The van der Waals surface area contributed by atoms with E-state index in [4.69, 9.17) is 9.47 Å². The molecule has 1 N–H and O–H groups in total. The van der Waals surface area contributed by atoms with Crippen molar-refractivity contribution in [3.63, 3.8) is 0 Å². The lowest BCUT2D eigenvalue weighted by molar-refractivity contribution is -0.174. The Kier molecular flexibility index (Phi) is 10.1. The second-order valence-electron chi connectivity index (χ2n) is 7.44. The predicted molar refractivity (Wildman–Crippen MR) is 99.3 cm³/mol. The van der Waals surface area contributed by atoms with Gasteiger partial charge in [0.15, 0.2) is 5.41 Å². The fourth-order valence-corrected chi connectivity index (χ4v) is 3.76. The van der Waals surface area contributed by atoms with Gasteiger partial charge < -0.3 is 14.8 Å². The van der Waals surface area contributed by atoms with Crippen LogP contribution >= 0.6 is 0 Å². The van der Waals surface area contributed by atoms with Gasteiger partial charge in [0.1, 0.15) is 0 Å². The van der Waals surface area contributed by atoms with E-state index >= 15 is 0 Å². The first kappa shape index (κ1) is 21.9. The van der Waals surface area contributed by atoms with Gasteiger partial charge in [-0.1, -0.05) is 46.0 Å². The maximum Gasteiger partial charge on any atom is 0.323 e. The van der Waals surface area contributed by atoms with E-state index in [1.807, 2.05) is 0 Å². The Morgan fingerprint density at radius 2 is 1.60 bits per heavy atom. The van der Waals surface area contributed by atoms with E-state index in [1.165, 1.54) is 19.3 Å². The number of nitrogens with one attached hydrogen (secondary N) is 1. The molecule has 25 heavy (non-hydrogen) atoms. The first-order valence-electron chi connectivity index (χ1n) is 10.0. The van der Waals surface area contributed by atoms with Crippen LogP contribution in [0.4, 0.5) is 0 Å². The van der Waals surface area contributed by atoms with Crippen LogP contribution in [0.1, 0.15) is 79.1 Å². The third-order valence-electron chi connectivity index (χ3n) is 5.03. The molecule has 0 aliphatic heterocycles. The lowest BCUT2D eigenvalue weighted by Crippen LogP contribution is -2.44. The lowest BCUT2D eigenvalue weighted by Gasteiger charge is -2.34. The van der Waals surface area contributed by atoms with Gasteiger partial charge in [-0.3, -0.25) is 9.59 Å². The van der Waals surface area contributed by atoms with E-state index in [0.717, 1.165) is 25.8 Å². The van der Waals surface area contributed by atoms with Crippen LogP contribution < -0.4 is 5.32 Å². The molecule has 0 radical (unpaired) electrons. The number of hydrogen-bond donors (Lipinski definition) is 1. The highest BCUT2D eigenvalue weighted by atomic mass is 16.6. The molecule has 0 heterocycles. The van der Waals surface area contributed by atoms with Gasteiger partial charge in [0.2, 0.25) is 0 Å². The quantitative estimate of drug-likeness (QED) is 0.346. The second-order valence-corrected chi connectivity index (χ2v) is 7.44. The van der Waals surface area contributed by atoms with Crippen molar-refractivity contribution < 1.29 is 19.1 Å². The SMILES string of the molecule is CCOC(=O)C(CCCNC(C)C)(CC1CCCCC1)C(=O)OCC. The normalized spacial score (nSPS) is 16.0. The highest BCUT2D eigenvalue weighted by Crippen LogP contribution is 2.40. The average Bonchev–Trinajstić information content (AvgIpc) is 2.58. The summed E-state index contributed by atoms with van der Waals surface area (Å²) in [5.74, 6) is -0.396. The molecule has 0 aromatic heterocycles. The summed E-state index contributed by atoms with van der Waals surface area (Å²) < 4.78 is 10.7. The monoisotopic (exact) mass is 355 g/mol. The third kappa shape index (κ3) is 6.96. The van der Waals surface area contributed by atoms with Crippen molar-refractivity contribution >= 4 is 11.9 Å². The summed E-state index contributed by atoms with van der Waals surface area (Å²) in [5, 5.41) is 3.36. The Morgan fingerprint density at radius 3 is 2.08 bits per heavy atom. The molecule has 0 aromatic rings. The molecule has 1 saturated carbocycles. The third-order valence-corrected chi connectivity index (χ3v) is 5.03. The summed E-state index contributed by atoms with van der Waals surface area (Å²) in [6.45, 7) is 9.11. The van der Waals surface area contributed by atoms with Crippen molar-refractivity contribution in [1.82, 2.24) is 5.32 Å². The summed E-state index contributed by atoms with van der Waals surface area (Å²) in [5.41, 5.74) is -1.15. The van der Waals surface area contributed by atoms with Gasteiger partial charge in [0, 0.05) is 6.04 Å². The number of carbonyl (C=O) groups excluding carboxylic acids is 2. The van der Waals surface area contributed by atoms with Crippen molar-refractivity contribution in [1.29, 1.82) is 0 Å². The zero-order valence-corrected chi connectivity index (χ0v) is 16.6. The Hall–Kier alpha value is -1.10. The van der Waals surface area contributed by atoms with Gasteiger partial charge in [-0.15, -0.1) is 0 Å². The minimum absolute atomic E-state index is 0.287. The second kappa shape index (κ2) is 11.5. The van der Waals surface area contributed by atoms with Crippen molar-refractivity contribution in [2.45, 2.75) is 85.1 Å². The van der Waals surface area contributed by atoms with Crippen LogP contribution in [-0.2, 0) is 19.1 Å². The van der Waals surface area contributed by atoms with Crippen molar-refractivity contribution in [3.8, 4) is 0 Å². The topological polar surface area (TPSA) is 64.6 Å². The molecule has 0 unspecified atom stereocenters. The Bertz CT molecular complexity index is 385. The van der Waals surface area contributed by atoms with Crippen molar-refractivity contribution in [2.75, 3.05) is 19.8 Å². The van der Waals surface area contributed by atoms with Crippen LogP contribution in [0.2, 0.25) is 0 Å². The standard InChI is InChI=1S/C20H37NO4/c1-5-24-18(22)20(19(23)25-6-2,13-10-14-21-16(3)4)15-17-11-8-7-9-12-17/h16-17,21H,5-15H2,1-4H3. The van der Waals surface area contributed by atoms with Crippen LogP contribution in [0.25, 0.3) is 0 Å². The molecule has 1 aliphatic rings. The fraction of sp³-hybridized carbons (Fsp3) is 0.900. The molecule has 146 valence electrons. The zero-order chi connectivity index (χ0) is 18.7. The van der Waals surface area contributed by atoms with Crippen LogP contribution in [0.5, 0.6) is 0 Å². The molecular formula is C20H37NO4. The predicted octanol–water partition coefficient (Wildman–Crippen LogP) is 3.85. The average molecular weight is 356 g/mol.